The van der Waals surface area contributed by atoms with Crippen molar-refractivity contribution in [1.82, 2.24) is 10.5 Å². The number of ether oxygens (including phenoxy) is 1. The van der Waals surface area contributed by atoms with E-state index in [1.807, 2.05) is 0 Å². The van der Waals surface area contributed by atoms with Crippen LogP contribution in [0, 0.1) is 5.92 Å². The van der Waals surface area contributed by atoms with Crippen LogP contribution in [0.5, 0.6) is 5.75 Å². The Balaban J connectivity index is 1.45. The normalized spacial score (nSPS) is 14.5. The van der Waals surface area contributed by atoms with Gasteiger partial charge < -0.3 is 19.9 Å². The molecule has 0 radical (unpaired) electrons. The molecule has 2 N–H and O–H groups in total. The molecule has 0 bridgehead atoms. The maximum Gasteiger partial charge on any atom is 0.273 e. The molecule has 1 saturated carbocycles. The van der Waals surface area contributed by atoms with E-state index in [2.05, 4.69) is 15.8 Å². The van der Waals surface area contributed by atoms with Gasteiger partial charge in [-0.15, -0.1) is 0 Å². The van der Waals surface area contributed by atoms with Crippen LogP contribution in [0.25, 0.3) is 0 Å². The summed E-state index contributed by atoms with van der Waals surface area (Å²) in [7, 11) is 0. The van der Waals surface area contributed by atoms with Crippen LogP contribution in [0.15, 0.2) is 34.9 Å². The van der Waals surface area contributed by atoms with Gasteiger partial charge >= 0.3 is 0 Å². The highest BCUT2D eigenvalue weighted by atomic mass is 16.5. The van der Waals surface area contributed by atoms with Gasteiger partial charge in [0.1, 0.15) is 12.4 Å². The molecule has 0 aliphatic heterocycles. The predicted molar refractivity (Wildman–Crippen MR) is 105 cm³/mol. The van der Waals surface area contributed by atoms with Gasteiger partial charge in [-0.1, -0.05) is 31.3 Å². The van der Waals surface area contributed by atoms with Crippen molar-refractivity contribution in [2.75, 3.05) is 11.9 Å². The van der Waals surface area contributed by atoms with Crippen LogP contribution in [0.2, 0.25) is 0 Å². The number of nitrogens with zero attached hydrogens (tertiary/aromatic N) is 1. The second-order valence-electron chi connectivity index (χ2n) is 7.11. The lowest BCUT2D eigenvalue weighted by Crippen LogP contribution is -2.30. The third-order valence-electron chi connectivity index (χ3n) is 4.91. The maximum absolute atomic E-state index is 12.2. The molecular formula is C21H27N3O4. The van der Waals surface area contributed by atoms with Gasteiger partial charge in [0.2, 0.25) is 5.91 Å². The summed E-state index contributed by atoms with van der Waals surface area (Å²) >= 11 is 0. The zero-order chi connectivity index (χ0) is 19.8. The fourth-order valence-electron chi connectivity index (χ4n) is 3.25. The molecule has 3 rings (SSSR count). The Labute approximate surface area is 164 Å². The number of anilines is 1. The van der Waals surface area contributed by atoms with Crippen LogP contribution in [0.4, 0.5) is 5.69 Å². The lowest BCUT2D eigenvalue weighted by atomic mass is 9.89. The molecule has 1 aliphatic carbocycles. The highest BCUT2D eigenvalue weighted by molar-refractivity contribution is 5.92. The Morgan fingerprint density at radius 3 is 2.64 bits per heavy atom. The van der Waals surface area contributed by atoms with Gasteiger partial charge in [0.05, 0.1) is 0 Å². The van der Waals surface area contributed by atoms with Gasteiger partial charge in [0, 0.05) is 24.7 Å². The Morgan fingerprint density at radius 2 is 1.93 bits per heavy atom. The third-order valence-corrected chi connectivity index (χ3v) is 4.91. The number of aromatic nitrogens is 1. The molecule has 0 saturated heterocycles. The molecule has 2 amide bonds. The molecule has 1 aromatic carbocycles. The first kappa shape index (κ1) is 19.9. The maximum atomic E-state index is 12.2. The summed E-state index contributed by atoms with van der Waals surface area (Å²) in [6, 6.07) is 8.67. The monoisotopic (exact) mass is 385 g/mol. The van der Waals surface area contributed by atoms with Gasteiger partial charge in [-0.2, -0.15) is 0 Å². The lowest BCUT2D eigenvalue weighted by Gasteiger charge is -2.21. The molecule has 1 aromatic heterocycles. The summed E-state index contributed by atoms with van der Waals surface area (Å²) in [5.74, 6) is 1.43. The quantitative estimate of drug-likeness (QED) is 0.718. The van der Waals surface area contributed by atoms with Crippen molar-refractivity contribution in [2.45, 2.75) is 52.1 Å². The zero-order valence-electron chi connectivity index (χ0n) is 16.2. The standard InChI is InChI=1S/C21H27N3O4/c1-2-20(25)23-16-8-10-17(11-9-16)27-14-18-12-19(24-28-18)21(26)22-13-15-6-4-3-5-7-15/h8-12,15H,2-7,13-14H2,1H3,(H,22,26)(H,23,25). The number of carbonyl (C=O) groups excluding carboxylic acids is 2. The van der Waals surface area contributed by atoms with Gasteiger partial charge in [0.15, 0.2) is 11.5 Å². The second kappa shape index (κ2) is 9.92. The fraction of sp³-hybridized carbons (Fsp3) is 0.476. The molecule has 0 unspecified atom stereocenters. The molecule has 7 nitrogen and oxygen atoms in total. The van der Waals surface area contributed by atoms with E-state index < -0.39 is 0 Å². The SMILES string of the molecule is CCC(=O)Nc1ccc(OCc2cc(C(=O)NCC3CCCCC3)no2)cc1. The minimum Gasteiger partial charge on any atom is -0.486 e. The topological polar surface area (TPSA) is 93.5 Å². The van der Waals surface area contributed by atoms with Crippen molar-refractivity contribution in [2.24, 2.45) is 5.92 Å². The van der Waals surface area contributed by atoms with E-state index in [0.717, 1.165) is 5.69 Å². The summed E-state index contributed by atoms with van der Waals surface area (Å²) in [6.45, 7) is 2.66. The number of hydrogen-bond acceptors (Lipinski definition) is 5. The molecule has 1 fully saturated rings. The van der Waals surface area contributed by atoms with E-state index in [9.17, 15) is 9.59 Å². The van der Waals surface area contributed by atoms with Crippen molar-refractivity contribution in [3.8, 4) is 5.75 Å². The lowest BCUT2D eigenvalue weighted by molar-refractivity contribution is -0.115. The van der Waals surface area contributed by atoms with Crippen molar-refractivity contribution < 1.29 is 18.8 Å². The highest BCUT2D eigenvalue weighted by Gasteiger charge is 2.17. The van der Waals surface area contributed by atoms with Crippen molar-refractivity contribution in [3.63, 3.8) is 0 Å². The largest absolute Gasteiger partial charge is 0.486 e. The van der Waals surface area contributed by atoms with E-state index in [4.69, 9.17) is 9.26 Å². The number of nitrogens with one attached hydrogen (secondary N) is 2. The average molecular weight is 385 g/mol. The Bertz CT molecular complexity index is 779. The van der Waals surface area contributed by atoms with E-state index >= 15 is 0 Å². The molecule has 7 heteroatoms. The second-order valence-corrected chi connectivity index (χ2v) is 7.11. The molecule has 1 aliphatic rings. The van der Waals surface area contributed by atoms with E-state index in [-0.39, 0.29) is 24.1 Å². The van der Waals surface area contributed by atoms with Crippen LogP contribution in [0.3, 0.4) is 0 Å². The van der Waals surface area contributed by atoms with E-state index in [1.165, 1.54) is 32.1 Å². The number of benzene rings is 1. The number of hydrogen-bond donors (Lipinski definition) is 2. The van der Waals surface area contributed by atoms with Crippen LogP contribution in [0.1, 0.15) is 61.7 Å². The molecule has 1 heterocycles. The Kier molecular flexibility index (Phi) is 7.06. The summed E-state index contributed by atoms with van der Waals surface area (Å²) in [6.07, 6.45) is 6.58. The van der Waals surface area contributed by atoms with Crippen LogP contribution < -0.4 is 15.4 Å². The minimum atomic E-state index is -0.211. The van der Waals surface area contributed by atoms with Crippen LogP contribution in [-0.4, -0.2) is 23.5 Å². The Hall–Kier alpha value is -2.83. The summed E-state index contributed by atoms with van der Waals surface area (Å²) < 4.78 is 10.8. The summed E-state index contributed by atoms with van der Waals surface area (Å²) in [4.78, 5) is 23.6. The van der Waals surface area contributed by atoms with Gasteiger partial charge in [-0.3, -0.25) is 9.59 Å². The average Bonchev–Trinajstić information content (AvgIpc) is 3.21. The van der Waals surface area contributed by atoms with Crippen LogP contribution >= 0.6 is 0 Å². The Morgan fingerprint density at radius 1 is 1.18 bits per heavy atom. The van der Waals surface area contributed by atoms with Crippen LogP contribution in [-0.2, 0) is 11.4 Å². The number of amides is 2. The van der Waals surface area contributed by atoms with Gasteiger partial charge in [-0.05, 0) is 43.0 Å². The predicted octanol–water partition coefficient (Wildman–Crippen LogP) is 3.91. The van der Waals surface area contributed by atoms with Crippen molar-refractivity contribution in [1.29, 1.82) is 0 Å². The molecule has 0 atom stereocenters. The number of rotatable bonds is 8. The summed E-state index contributed by atoms with van der Waals surface area (Å²) in [5, 5.41) is 9.56. The highest BCUT2D eigenvalue weighted by Crippen LogP contribution is 2.23. The summed E-state index contributed by atoms with van der Waals surface area (Å²) in [5.41, 5.74) is 0.989. The molecule has 0 spiro atoms. The molecule has 150 valence electrons. The van der Waals surface area contributed by atoms with Crippen molar-refractivity contribution >= 4 is 17.5 Å². The first-order chi connectivity index (χ1) is 13.6. The molecule has 2 aromatic rings. The van der Waals surface area contributed by atoms with Gasteiger partial charge in [0.25, 0.3) is 5.91 Å². The number of carbonyl (C=O) groups is 2. The molecule has 28 heavy (non-hydrogen) atoms. The van der Waals surface area contributed by atoms with Crippen molar-refractivity contribution in [3.05, 3.63) is 41.8 Å². The third kappa shape index (κ3) is 5.84. The first-order valence-electron chi connectivity index (χ1n) is 9.90. The van der Waals surface area contributed by atoms with Gasteiger partial charge in [-0.25, -0.2) is 0 Å². The smallest absolute Gasteiger partial charge is 0.273 e. The van der Waals surface area contributed by atoms with E-state index in [0.29, 0.717) is 30.4 Å². The molecular weight excluding hydrogens is 358 g/mol. The minimum absolute atomic E-state index is 0.0374. The van der Waals surface area contributed by atoms with E-state index in [1.54, 1.807) is 37.3 Å². The first-order valence-corrected chi connectivity index (χ1v) is 9.90. The zero-order valence-corrected chi connectivity index (χ0v) is 16.2. The fourth-order valence-corrected chi connectivity index (χ4v) is 3.25.